The number of pyridine rings is 2. The van der Waals surface area contributed by atoms with Gasteiger partial charge in [-0.2, -0.15) is 10.2 Å². The molecule has 8 heteroatoms. The number of nitrogens with zero attached hydrogens (tertiary/aromatic N) is 8. The maximum absolute atomic E-state index is 4.83. The summed E-state index contributed by atoms with van der Waals surface area (Å²) in [7, 11) is 0. The van der Waals surface area contributed by atoms with Crippen LogP contribution in [0.5, 0.6) is 0 Å². The van der Waals surface area contributed by atoms with Crippen LogP contribution in [0, 0.1) is 27.7 Å². The van der Waals surface area contributed by atoms with E-state index in [1.807, 2.05) is 64.1 Å². The largest absolute Gasteiger partial charge is 0.242 e. The first kappa shape index (κ1) is 18.1. The minimum Gasteiger partial charge on any atom is -0.242 e. The average molecular weight is 394 g/mol. The summed E-state index contributed by atoms with van der Waals surface area (Å²) in [5.41, 5.74) is 6.12. The van der Waals surface area contributed by atoms with E-state index in [4.69, 9.17) is 9.97 Å². The molecule has 5 aromatic rings. The maximum atomic E-state index is 4.83. The van der Waals surface area contributed by atoms with Gasteiger partial charge >= 0.3 is 0 Å². The molecule has 0 spiro atoms. The van der Waals surface area contributed by atoms with Crippen LogP contribution in [0.15, 0.2) is 36.4 Å². The van der Waals surface area contributed by atoms with Crippen LogP contribution in [-0.4, -0.2) is 40.3 Å². The van der Waals surface area contributed by atoms with Crippen LogP contribution in [0.4, 0.5) is 0 Å². The van der Waals surface area contributed by atoms with Gasteiger partial charge in [0, 0.05) is 10.8 Å². The number of hydrogen-bond acceptors (Lipinski definition) is 8. The summed E-state index contributed by atoms with van der Waals surface area (Å²) in [4.78, 5) is 18.7. The van der Waals surface area contributed by atoms with Crippen molar-refractivity contribution in [3.05, 3.63) is 59.2 Å². The molecule has 30 heavy (non-hydrogen) atoms. The molecule has 0 unspecified atom stereocenters. The van der Waals surface area contributed by atoms with Gasteiger partial charge in [0.15, 0.2) is 0 Å². The minimum absolute atomic E-state index is 0.495. The summed E-state index contributed by atoms with van der Waals surface area (Å²) in [6.45, 7) is 7.59. The Morgan fingerprint density at radius 2 is 0.833 bits per heavy atom. The Labute approximate surface area is 172 Å². The van der Waals surface area contributed by atoms with Crippen molar-refractivity contribution in [2.75, 3.05) is 0 Å². The van der Waals surface area contributed by atoms with E-state index in [0.717, 1.165) is 44.6 Å². The number of hydrogen-bond donors (Lipinski definition) is 0. The van der Waals surface area contributed by atoms with E-state index >= 15 is 0 Å². The van der Waals surface area contributed by atoms with Gasteiger partial charge in [-0.25, -0.2) is 19.9 Å². The number of benzene rings is 1. The summed E-state index contributed by atoms with van der Waals surface area (Å²) in [5.74, 6) is 0.990. The molecule has 0 atom stereocenters. The number of aryl methyl sites for hydroxylation is 4. The molecule has 5 rings (SSSR count). The number of fused-ring (bicyclic) bond motifs is 3. The fourth-order valence-electron chi connectivity index (χ4n) is 3.15. The highest BCUT2D eigenvalue weighted by molar-refractivity contribution is 6.03. The van der Waals surface area contributed by atoms with E-state index in [-0.39, 0.29) is 0 Å². The Hall–Kier alpha value is -3.94. The van der Waals surface area contributed by atoms with Gasteiger partial charge in [-0.3, -0.25) is 0 Å². The lowest BCUT2D eigenvalue weighted by Crippen LogP contribution is -2.01. The first-order valence-corrected chi connectivity index (χ1v) is 9.57. The van der Waals surface area contributed by atoms with Crippen molar-refractivity contribution in [2.24, 2.45) is 0 Å². The fraction of sp³-hybridized carbons (Fsp3) is 0.182. The lowest BCUT2D eigenvalue weighted by Gasteiger charge is -2.07. The first-order chi connectivity index (χ1) is 14.5. The molecule has 0 amide bonds. The van der Waals surface area contributed by atoms with Crippen molar-refractivity contribution in [1.82, 2.24) is 40.3 Å². The summed E-state index contributed by atoms with van der Waals surface area (Å²) in [6.07, 6.45) is 0. The van der Waals surface area contributed by atoms with Gasteiger partial charge in [-0.15, -0.1) is 10.2 Å². The summed E-state index contributed by atoms with van der Waals surface area (Å²) < 4.78 is 0. The molecule has 8 nitrogen and oxygen atoms in total. The van der Waals surface area contributed by atoms with Crippen molar-refractivity contribution in [2.45, 2.75) is 27.7 Å². The van der Waals surface area contributed by atoms with E-state index in [0.29, 0.717) is 23.0 Å². The molecule has 0 N–H and O–H groups in total. The summed E-state index contributed by atoms with van der Waals surface area (Å²) in [6, 6.07) is 11.9. The van der Waals surface area contributed by atoms with Crippen molar-refractivity contribution in [3.8, 4) is 23.0 Å². The molecule has 0 aliphatic heterocycles. The highest BCUT2D eigenvalue weighted by atomic mass is 15.2. The smallest absolute Gasteiger partial charge is 0.200 e. The second-order valence-corrected chi connectivity index (χ2v) is 7.21. The summed E-state index contributed by atoms with van der Waals surface area (Å²) in [5, 5.41) is 18.7. The molecule has 4 heterocycles. The van der Waals surface area contributed by atoms with Gasteiger partial charge in [0.05, 0.1) is 33.8 Å². The van der Waals surface area contributed by atoms with Crippen LogP contribution in [0.3, 0.4) is 0 Å². The van der Waals surface area contributed by atoms with E-state index in [1.165, 1.54) is 0 Å². The van der Waals surface area contributed by atoms with Crippen molar-refractivity contribution in [3.63, 3.8) is 0 Å². The molecule has 0 saturated carbocycles. The predicted octanol–water partition coefficient (Wildman–Crippen LogP) is 3.72. The third-order valence-electron chi connectivity index (χ3n) is 5.16. The second-order valence-electron chi connectivity index (χ2n) is 7.21. The van der Waals surface area contributed by atoms with Gasteiger partial charge in [-0.1, -0.05) is 24.3 Å². The molecular weight excluding hydrogens is 376 g/mol. The molecule has 0 bridgehead atoms. The van der Waals surface area contributed by atoms with Crippen molar-refractivity contribution >= 4 is 21.8 Å². The molecular formula is C22H18N8. The summed E-state index contributed by atoms with van der Waals surface area (Å²) >= 11 is 0. The van der Waals surface area contributed by atoms with Crippen LogP contribution in [-0.2, 0) is 0 Å². The molecule has 0 radical (unpaired) electrons. The zero-order valence-corrected chi connectivity index (χ0v) is 17.0. The van der Waals surface area contributed by atoms with Crippen molar-refractivity contribution in [1.29, 1.82) is 0 Å². The lowest BCUT2D eigenvalue weighted by atomic mass is 10.1. The Kier molecular flexibility index (Phi) is 4.13. The quantitative estimate of drug-likeness (QED) is 0.417. The van der Waals surface area contributed by atoms with Crippen LogP contribution in [0.25, 0.3) is 44.8 Å². The van der Waals surface area contributed by atoms with E-state index in [2.05, 4.69) is 30.4 Å². The Balaban J connectivity index is 1.72. The van der Waals surface area contributed by atoms with E-state index in [1.54, 1.807) is 0 Å². The third-order valence-corrected chi connectivity index (χ3v) is 5.16. The van der Waals surface area contributed by atoms with Crippen LogP contribution in [0.2, 0.25) is 0 Å². The van der Waals surface area contributed by atoms with Crippen LogP contribution in [0.1, 0.15) is 22.8 Å². The highest BCUT2D eigenvalue weighted by Crippen LogP contribution is 2.27. The lowest BCUT2D eigenvalue weighted by molar-refractivity contribution is 0.899. The normalized spacial score (nSPS) is 11.3. The zero-order chi connectivity index (χ0) is 20.8. The maximum Gasteiger partial charge on any atom is 0.200 e. The van der Waals surface area contributed by atoms with Crippen molar-refractivity contribution < 1.29 is 0 Å². The predicted molar refractivity (Wildman–Crippen MR) is 114 cm³/mol. The molecule has 0 aliphatic carbocycles. The Bertz CT molecular complexity index is 1330. The van der Waals surface area contributed by atoms with Crippen LogP contribution < -0.4 is 0 Å². The SMILES string of the molecule is Cc1nnc(-c2ccc3ccc4ccc(-c5nnc(C)c(C)n5)nc4c3n2)nc1C. The Morgan fingerprint density at radius 1 is 0.433 bits per heavy atom. The Morgan fingerprint density at radius 3 is 1.23 bits per heavy atom. The first-order valence-electron chi connectivity index (χ1n) is 9.57. The molecule has 0 fully saturated rings. The van der Waals surface area contributed by atoms with Gasteiger partial charge in [0.1, 0.15) is 11.4 Å². The van der Waals surface area contributed by atoms with Gasteiger partial charge in [0.2, 0.25) is 11.6 Å². The molecule has 146 valence electrons. The molecule has 0 aliphatic rings. The fourth-order valence-corrected chi connectivity index (χ4v) is 3.15. The molecule has 1 aromatic carbocycles. The molecule has 4 aromatic heterocycles. The van der Waals surface area contributed by atoms with Gasteiger partial charge < -0.3 is 0 Å². The number of aromatic nitrogens is 8. The topological polar surface area (TPSA) is 103 Å². The van der Waals surface area contributed by atoms with E-state index in [9.17, 15) is 0 Å². The zero-order valence-electron chi connectivity index (χ0n) is 17.0. The monoisotopic (exact) mass is 394 g/mol. The van der Waals surface area contributed by atoms with Crippen LogP contribution >= 0.6 is 0 Å². The third kappa shape index (κ3) is 3.02. The van der Waals surface area contributed by atoms with Gasteiger partial charge in [-0.05, 0) is 39.8 Å². The second kappa shape index (κ2) is 6.84. The minimum atomic E-state index is 0.495. The highest BCUT2D eigenvalue weighted by Gasteiger charge is 2.12. The van der Waals surface area contributed by atoms with E-state index < -0.39 is 0 Å². The average Bonchev–Trinajstić information content (AvgIpc) is 2.76. The number of rotatable bonds is 2. The standard InChI is InChI=1S/C22H18N8/c1-11-13(3)27-29-21(23-11)17-9-7-15-5-6-16-8-10-18(26-20(16)19(15)25-17)22-24-12(2)14(4)28-30-22/h5-10H,1-4H3. The van der Waals surface area contributed by atoms with Gasteiger partial charge in [0.25, 0.3) is 0 Å². The molecule has 0 saturated heterocycles.